The van der Waals surface area contributed by atoms with Crippen LogP contribution < -0.4 is 5.73 Å². The van der Waals surface area contributed by atoms with Gasteiger partial charge in [0.1, 0.15) is 23.0 Å². The molecule has 0 spiro atoms. The highest BCUT2D eigenvalue weighted by Gasteiger charge is 2.34. The Kier molecular flexibility index (Phi) is 3.53. The van der Waals surface area contributed by atoms with E-state index in [2.05, 4.69) is 24.0 Å². The Balaban J connectivity index is 1.97. The third-order valence-corrected chi connectivity index (χ3v) is 4.42. The molecular weight excluding hydrogens is 306 g/mol. The zero-order chi connectivity index (χ0) is 16.8. The number of fused-ring (bicyclic) bond motifs is 1. The average molecular weight is 327 g/mol. The smallest absolute Gasteiger partial charge is 0.146 e. The van der Waals surface area contributed by atoms with Crippen LogP contribution in [-0.4, -0.2) is 27.0 Å². The largest absolute Gasteiger partial charge is 0.383 e. The Labute approximate surface area is 139 Å². The summed E-state index contributed by atoms with van der Waals surface area (Å²) in [6.07, 6.45) is 3.98. The van der Waals surface area contributed by atoms with Crippen molar-refractivity contribution in [1.29, 1.82) is 0 Å². The predicted octanol–water partition coefficient (Wildman–Crippen LogP) is 3.27. The molecule has 3 aromatic heterocycles. The Morgan fingerprint density at radius 3 is 2.83 bits per heavy atom. The van der Waals surface area contributed by atoms with Crippen molar-refractivity contribution in [1.82, 2.24) is 19.9 Å². The molecule has 3 aromatic rings. The van der Waals surface area contributed by atoms with Gasteiger partial charge in [0.2, 0.25) is 0 Å². The second-order valence-corrected chi connectivity index (χ2v) is 6.56. The van der Waals surface area contributed by atoms with Crippen LogP contribution in [-0.2, 0) is 11.3 Å². The molecule has 0 bridgehead atoms. The molecule has 7 heteroatoms. The van der Waals surface area contributed by atoms with Gasteiger partial charge in [0.15, 0.2) is 0 Å². The van der Waals surface area contributed by atoms with Gasteiger partial charge in [-0.05, 0) is 32.8 Å². The number of rotatable bonds is 5. The van der Waals surface area contributed by atoms with E-state index in [1.165, 1.54) is 0 Å². The van der Waals surface area contributed by atoms with Crippen molar-refractivity contribution in [3.8, 4) is 11.4 Å². The molecule has 1 aliphatic rings. The van der Waals surface area contributed by atoms with Gasteiger partial charge in [-0.1, -0.05) is 5.16 Å². The van der Waals surface area contributed by atoms with E-state index >= 15 is 0 Å². The van der Waals surface area contributed by atoms with Crippen LogP contribution in [0, 0.1) is 0 Å². The molecule has 2 N–H and O–H groups in total. The number of hydrogen-bond acceptors (Lipinski definition) is 6. The zero-order valence-electron chi connectivity index (χ0n) is 14.1. The Morgan fingerprint density at radius 1 is 1.38 bits per heavy atom. The van der Waals surface area contributed by atoms with Gasteiger partial charge in [0, 0.05) is 25.3 Å². The summed E-state index contributed by atoms with van der Waals surface area (Å²) in [6, 6.07) is 2.13. The zero-order valence-corrected chi connectivity index (χ0v) is 14.1. The normalized spacial score (nSPS) is 14.8. The van der Waals surface area contributed by atoms with E-state index in [9.17, 15) is 0 Å². The highest BCUT2D eigenvalue weighted by atomic mass is 16.5. The maximum atomic E-state index is 6.16. The number of pyridine rings is 1. The number of hydrogen-bond donors (Lipinski definition) is 1. The van der Waals surface area contributed by atoms with E-state index in [-0.39, 0.29) is 6.04 Å². The summed E-state index contributed by atoms with van der Waals surface area (Å²) in [5.41, 5.74) is 9.50. The summed E-state index contributed by atoms with van der Waals surface area (Å²) in [6.45, 7) is 4.61. The molecule has 4 rings (SSSR count). The molecule has 0 saturated heterocycles. The molecule has 0 amide bonds. The molecule has 24 heavy (non-hydrogen) atoms. The summed E-state index contributed by atoms with van der Waals surface area (Å²) in [7, 11) is 1.67. The lowest BCUT2D eigenvalue weighted by Crippen LogP contribution is -2.03. The van der Waals surface area contributed by atoms with Gasteiger partial charge in [0.25, 0.3) is 0 Å². The lowest BCUT2D eigenvalue weighted by Gasteiger charge is -2.06. The van der Waals surface area contributed by atoms with E-state index in [0.717, 1.165) is 35.1 Å². The molecule has 3 heterocycles. The van der Waals surface area contributed by atoms with E-state index in [1.807, 2.05) is 10.7 Å². The van der Waals surface area contributed by atoms with Crippen molar-refractivity contribution in [2.75, 3.05) is 12.8 Å². The quantitative estimate of drug-likeness (QED) is 0.773. The topological polar surface area (TPSA) is 92.0 Å². The van der Waals surface area contributed by atoms with Gasteiger partial charge in [-0.3, -0.25) is 4.68 Å². The molecule has 126 valence electrons. The SMILES string of the molecule is COCc1c(-c2nn(C(C)C)c3ccnc(N)c23)noc1C1CC1. The van der Waals surface area contributed by atoms with E-state index in [1.54, 1.807) is 13.3 Å². The summed E-state index contributed by atoms with van der Waals surface area (Å²) in [5.74, 6) is 1.82. The van der Waals surface area contributed by atoms with Gasteiger partial charge < -0.3 is 15.0 Å². The third kappa shape index (κ3) is 2.27. The van der Waals surface area contributed by atoms with Crippen LogP contribution in [0.2, 0.25) is 0 Å². The molecule has 1 saturated carbocycles. The number of anilines is 1. The minimum atomic E-state index is 0.198. The van der Waals surface area contributed by atoms with Crippen molar-refractivity contribution < 1.29 is 9.26 Å². The van der Waals surface area contributed by atoms with Gasteiger partial charge in [0.05, 0.1) is 23.1 Å². The molecule has 0 radical (unpaired) electrons. The number of aromatic nitrogens is 4. The van der Waals surface area contributed by atoms with Gasteiger partial charge in [-0.15, -0.1) is 0 Å². The van der Waals surface area contributed by atoms with Crippen LogP contribution in [0.4, 0.5) is 5.82 Å². The van der Waals surface area contributed by atoms with Crippen LogP contribution in [0.15, 0.2) is 16.8 Å². The third-order valence-electron chi connectivity index (χ3n) is 4.42. The Morgan fingerprint density at radius 2 is 2.17 bits per heavy atom. The maximum Gasteiger partial charge on any atom is 0.146 e. The molecular formula is C17H21N5O2. The minimum absolute atomic E-state index is 0.198. The van der Waals surface area contributed by atoms with Gasteiger partial charge >= 0.3 is 0 Å². The summed E-state index contributed by atoms with van der Waals surface area (Å²) < 4.78 is 13.0. The standard InChI is InChI=1S/C17H21N5O2/c1-9(2)22-12-6-7-19-17(18)13(12)15(20-22)14-11(8-23-3)16(24-21-14)10-4-5-10/h6-7,9-10H,4-5,8H2,1-3H3,(H2,18,19). The molecule has 0 unspecified atom stereocenters. The molecule has 1 fully saturated rings. The number of ether oxygens (including phenoxy) is 1. The first-order valence-corrected chi connectivity index (χ1v) is 8.22. The lowest BCUT2D eigenvalue weighted by atomic mass is 10.1. The highest BCUT2D eigenvalue weighted by Crippen LogP contribution is 2.45. The second kappa shape index (κ2) is 5.59. The fraction of sp³-hybridized carbons (Fsp3) is 0.471. The first-order chi connectivity index (χ1) is 11.6. The molecule has 0 atom stereocenters. The maximum absolute atomic E-state index is 6.16. The monoisotopic (exact) mass is 327 g/mol. The van der Waals surface area contributed by atoms with Crippen molar-refractivity contribution in [2.45, 2.75) is 45.3 Å². The number of nitrogens with zero attached hydrogens (tertiary/aromatic N) is 4. The van der Waals surface area contributed by atoms with Crippen molar-refractivity contribution in [3.63, 3.8) is 0 Å². The van der Waals surface area contributed by atoms with Crippen LogP contribution in [0.5, 0.6) is 0 Å². The molecule has 1 aliphatic carbocycles. The average Bonchev–Trinajstić information content (AvgIpc) is 3.19. The molecule has 0 aromatic carbocycles. The van der Waals surface area contributed by atoms with E-state index in [0.29, 0.717) is 29.7 Å². The predicted molar refractivity (Wildman–Crippen MR) is 90.5 cm³/mol. The van der Waals surface area contributed by atoms with Gasteiger partial charge in [-0.2, -0.15) is 5.10 Å². The summed E-state index contributed by atoms with van der Waals surface area (Å²) >= 11 is 0. The number of nitrogens with two attached hydrogens (primary N) is 1. The van der Waals surface area contributed by atoms with Crippen LogP contribution in [0.1, 0.15) is 50.0 Å². The lowest BCUT2D eigenvalue weighted by molar-refractivity contribution is 0.183. The summed E-state index contributed by atoms with van der Waals surface area (Å²) in [4.78, 5) is 4.23. The fourth-order valence-electron chi connectivity index (χ4n) is 3.13. The Bertz CT molecular complexity index is 892. The minimum Gasteiger partial charge on any atom is -0.383 e. The van der Waals surface area contributed by atoms with E-state index in [4.69, 9.17) is 20.1 Å². The van der Waals surface area contributed by atoms with Crippen molar-refractivity contribution in [3.05, 3.63) is 23.6 Å². The van der Waals surface area contributed by atoms with Crippen LogP contribution in [0.25, 0.3) is 22.3 Å². The molecule has 7 nitrogen and oxygen atoms in total. The Hall–Kier alpha value is -2.41. The van der Waals surface area contributed by atoms with Gasteiger partial charge in [-0.25, -0.2) is 4.98 Å². The van der Waals surface area contributed by atoms with Crippen molar-refractivity contribution >= 4 is 16.7 Å². The highest BCUT2D eigenvalue weighted by molar-refractivity contribution is 6.00. The number of nitrogen functional groups attached to an aromatic ring is 1. The fourth-order valence-corrected chi connectivity index (χ4v) is 3.13. The van der Waals surface area contributed by atoms with E-state index < -0.39 is 0 Å². The second-order valence-electron chi connectivity index (χ2n) is 6.56. The first-order valence-electron chi connectivity index (χ1n) is 8.22. The van der Waals surface area contributed by atoms with Crippen LogP contribution >= 0.6 is 0 Å². The number of methoxy groups -OCH3 is 1. The molecule has 0 aliphatic heterocycles. The van der Waals surface area contributed by atoms with Crippen molar-refractivity contribution in [2.24, 2.45) is 0 Å². The summed E-state index contributed by atoms with van der Waals surface area (Å²) in [5, 5.41) is 9.91. The first kappa shape index (κ1) is 15.1. The van der Waals surface area contributed by atoms with Crippen LogP contribution in [0.3, 0.4) is 0 Å².